The number of alkyl carbamates (subject to hydrolysis) is 1. The molecule has 26 heavy (non-hydrogen) atoms. The van der Waals surface area contributed by atoms with Crippen molar-refractivity contribution in [2.24, 2.45) is 0 Å². The smallest absolute Gasteiger partial charge is 0.407 e. The number of aliphatic carboxylic acids is 1. The molecule has 0 aliphatic carbocycles. The minimum absolute atomic E-state index is 0.0433. The Balaban J connectivity index is 2.11. The normalized spacial score (nSPS) is 12.7. The quantitative estimate of drug-likeness (QED) is 0.572. The molecule has 11 heteroatoms. The first kappa shape index (κ1) is 19.2. The Hall–Kier alpha value is -3.11. The van der Waals surface area contributed by atoms with Gasteiger partial charge in [-0.1, -0.05) is 0 Å². The number of aromatic amines is 1. The maximum atomic E-state index is 11.9. The maximum Gasteiger partial charge on any atom is 0.407 e. The SMILES string of the molecule is CC(C)(C)OC(=O)N[C@H](CCn1cnc2c(=O)[nH]c(N)nc21)CC(=O)O. The van der Waals surface area contributed by atoms with Gasteiger partial charge < -0.3 is 25.5 Å². The molecule has 5 N–H and O–H groups in total. The number of carboxylic acid groups (broad SMARTS) is 1. The summed E-state index contributed by atoms with van der Waals surface area (Å²) < 4.78 is 6.73. The Labute approximate surface area is 148 Å². The zero-order valence-corrected chi connectivity index (χ0v) is 14.8. The number of imidazole rings is 1. The van der Waals surface area contributed by atoms with E-state index < -0.39 is 29.3 Å². The molecule has 0 fully saturated rings. The van der Waals surface area contributed by atoms with Crippen LogP contribution in [0, 0.1) is 0 Å². The van der Waals surface area contributed by atoms with Gasteiger partial charge in [0.2, 0.25) is 5.95 Å². The Morgan fingerprint density at radius 3 is 2.77 bits per heavy atom. The van der Waals surface area contributed by atoms with Gasteiger partial charge in [-0.3, -0.25) is 14.6 Å². The van der Waals surface area contributed by atoms with Crippen LogP contribution in [0.4, 0.5) is 10.7 Å². The van der Waals surface area contributed by atoms with E-state index in [1.54, 1.807) is 25.3 Å². The minimum atomic E-state index is -1.06. The number of hydrogen-bond acceptors (Lipinski definition) is 7. The fraction of sp³-hybridized carbons (Fsp3) is 0.533. The van der Waals surface area contributed by atoms with Crippen LogP contribution in [0.2, 0.25) is 0 Å². The van der Waals surface area contributed by atoms with Crippen molar-refractivity contribution in [3.8, 4) is 0 Å². The number of aromatic nitrogens is 4. The molecular weight excluding hydrogens is 344 g/mol. The summed E-state index contributed by atoms with van der Waals surface area (Å²) in [6.45, 7) is 5.41. The fourth-order valence-corrected chi connectivity index (χ4v) is 2.34. The molecular formula is C15H22N6O5. The molecule has 0 aliphatic rings. The number of aryl methyl sites for hydroxylation is 1. The van der Waals surface area contributed by atoms with E-state index in [1.165, 1.54) is 6.33 Å². The summed E-state index contributed by atoms with van der Waals surface area (Å²) in [5.41, 5.74) is 4.81. The molecule has 0 radical (unpaired) electrons. The fourth-order valence-electron chi connectivity index (χ4n) is 2.34. The van der Waals surface area contributed by atoms with Gasteiger partial charge in [0.05, 0.1) is 12.7 Å². The van der Waals surface area contributed by atoms with E-state index in [0.29, 0.717) is 0 Å². The van der Waals surface area contributed by atoms with E-state index >= 15 is 0 Å². The lowest BCUT2D eigenvalue weighted by atomic mass is 10.1. The number of amides is 1. The number of nitrogen functional groups attached to an aromatic ring is 1. The van der Waals surface area contributed by atoms with Crippen LogP contribution in [-0.2, 0) is 16.1 Å². The van der Waals surface area contributed by atoms with Crippen LogP contribution in [0.1, 0.15) is 33.6 Å². The number of carbonyl (C=O) groups excluding carboxylic acids is 1. The second-order valence-electron chi connectivity index (χ2n) is 6.79. The maximum absolute atomic E-state index is 11.9. The molecule has 2 heterocycles. The van der Waals surface area contributed by atoms with Crippen LogP contribution >= 0.6 is 0 Å². The van der Waals surface area contributed by atoms with Crippen molar-refractivity contribution in [2.75, 3.05) is 5.73 Å². The zero-order chi connectivity index (χ0) is 19.5. The molecule has 2 rings (SSSR count). The van der Waals surface area contributed by atoms with E-state index in [1.807, 2.05) is 0 Å². The number of nitrogens with one attached hydrogen (secondary N) is 2. The number of rotatable bonds is 6. The standard InChI is InChI=1S/C15H22N6O5/c1-15(2,3)26-14(25)18-8(6-9(22)23)4-5-21-7-17-10-11(21)19-13(16)20-12(10)24/h7-8H,4-6H2,1-3H3,(H,18,25)(H,22,23)(H3,16,19,20,24)/t8-/m1/s1. The molecule has 1 amide bonds. The molecule has 0 aliphatic heterocycles. The molecule has 0 saturated heterocycles. The van der Waals surface area contributed by atoms with Gasteiger partial charge in [-0.05, 0) is 27.2 Å². The average molecular weight is 366 g/mol. The Kier molecular flexibility index (Phi) is 5.48. The summed E-state index contributed by atoms with van der Waals surface area (Å²) in [6.07, 6.45) is 0.712. The first-order valence-corrected chi connectivity index (χ1v) is 7.97. The number of fused-ring (bicyclic) bond motifs is 1. The molecule has 0 aromatic carbocycles. The largest absolute Gasteiger partial charge is 0.481 e. The Morgan fingerprint density at radius 2 is 2.15 bits per heavy atom. The van der Waals surface area contributed by atoms with Gasteiger partial charge in [-0.15, -0.1) is 0 Å². The second kappa shape index (κ2) is 7.42. The lowest BCUT2D eigenvalue weighted by Gasteiger charge is -2.23. The molecule has 0 unspecified atom stereocenters. The van der Waals surface area contributed by atoms with Gasteiger partial charge >= 0.3 is 12.1 Å². The topological polar surface area (TPSA) is 165 Å². The molecule has 2 aromatic heterocycles. The third-order valence-corrected chi connectivity index (χ3v) is 3.35. The molecule has 11 nitrogen and oxygen atoms in total. The molecule has 0 saturated carbocycles. The van der Waals surface area contributed by atoms with Crippen molar-refractivity contribution >= 4 is 29.2 Å². The van der Waals surface area contributed by atoms with Gasteiger partial charge in [0.25, 0.3) is 5.56 Å². The number of ether oxygens (including phenoxy) is 1. The summed E-state index contributed by atoms with van der Waals surface area (Å²) in [6, 6.07) is -0.667. The number of carbonyl (C=O) groups is 2. The van der Waals surface area contributed by atoms with E-state index in [2.05, 4.69) is 20.3 Å². The van der Waals surface area contributed by atoms with Gasteiger partial charge in [-0.2, -0.15) is 4.98 Å². The van der Waals surface area contributed by atoms with Crippen LogP contribution in [0.25, 0.3) is 11.2 Å². The number of carboxylic acids is 1. The number of nitrogens with zero attached hydrogens (tertiary/aromatic N) is 3. The Morgan fingerprint density at radius 1 is 1.46 bits per heavy atom. The van der Waals surface area contributed by atoms with Crippen LogP contribution in [0.15, 0.2) is 11.1 Å². The highest BCUT2D eigenvalue weighted by atomic mass is 16.6. The number of H-pyrrole nitrogens is 1. The van der Waals surface area contributed by atoms with Gasteiger partial charge in [0.1, 0.15) is 5.60 Å². The molecule has 0 bridgehead atoms. The van der Waals surface area contributed by atoms with Gasteiger partial charge in [0.15, 0.2) is 11.2 Å². The minimum Gasteiger partial charge on any atom is -0.481 e. The van der Waals surface area contributed by atoms with E-state index in [4.69, 9.17) is 15.6 Å². The van der Waals surface area contributed by atoms with E-state index in [-0.39, 0.29) is 36.5 Å². The first-order valence-electron chi connectivity index (χ1n) is 7.97. The van der Waals surface area contributed by atoms with Crippen molar-refractivity contribution in [2.45, 2.75) is 51.8 Å². The molecule has 1 atom stereocenters. The summed E-state index contributed by atoms with van der Waals surface area (Å²) >= 11 is 0. The lowest BCUT2D eigenvalue weighted by molar-refractivity contribution is -0.137. The lowest BCUT2D eigenvalue weighted by Crippen LogP contribution is -2.40. The highest BCUT2D eigenvalue weighted by molar-refractivity contribution is 5.72. The number of hydrogen-bond donors (Lipinski definition) is 4. The van der Waals surface area contributed by atoms with Crippen LogP contribution in [0.5, 0.6) is 0 Å². The average Bonchev–Trinajstić information content (AvgIpc) is 2.85. The van der Waals surface area contributed by atoms with Gasteiger partial charge in [-0.25, -0.2) is 9.78 Å². The Bertz CT molecular complexity index is 866. The summed E-state index contributed by atoms with van der Waals surface area (Å²) in [7, 11) is 0. The van der Waals surface area contributed by atoms with Gasteiger partial charge in [0, 0.05) is 12.6 Å². The van der Waals surface area contributed by atoms with Crippen molar-refractivity contribution in [1.29, 1.82) is 0 Å². The third kappa shape index (κ3) is 5.19. The summed E-state index contributed by atoms with van der Waals surface area (Å²) in [5.74, 6) is -1.10. The van der Waals surface area contributed by atoms with E-state index in [0.717, 1.165) is 0 Å². The summed E-state index contributed by atoms with van der Waals surface area (Å²) in [4.78, 5) is 45.1. The predicted molar refractivity (Wildman–Crippen MR) is 92.6 cm³/mol. The second-order valence-corrected chi connectivity index (χ2v) is 6.79. The molecule has 0 spiro atoms. The van der Waals surface area contributed by atoms with E-state index in [9.17, 15) is 14.4 Å². The third-order valence-electron chi connectivity index (χ3n) is 3.35. The molecule has 2 aromatic rings. The monoisotopic (exact) mass is 366 g/mol. The predicted octanol–water partition coefficient (Wildman–Crippen LogP) is 0.460. The van der Waals surface area contributed by atoms with Crippen LogP contribution < -0.4 is 16.6 Å². The number of nitrogens with two attached hydrogens (primary N) is 1. The summed E-state index contributed by atoms with van der Waals surface area (Å²) in [5, 5.41) is 11.6. The van der Waals surface area contributed by atoms with Crippen molar-refractivity contribution in [1.82, 2.24) is 24.8 Å². The molecule has 142 valence electrons. The zero-order valence-electron chi connectivity index (χ0n) is 14.8. The van der Waals surface area contributed by atoms with Crippen molar-refractivity contribution in [3.05, 3.63) is 16.7 Å². The van der Waals surface area contributed by atoms with Crippen LogP contribution in [-0.4, -0.2) is 48.3 Å². The van der Waals surface area contributed by atoms with Crippen LogP contribution in [0.3, 0.4) is 0 Å². The highest BCUT2D eigenvalue weighted by Crippen LogP contribution is 2.11. The first-order chi connectivity index (χ1) is 12.0. The number of anilines is 1. The van der Waals surface area contributed by atoms with Crippen molar-refractivity contribution in [3.63, 3.8) is 0 Å². The van der Waals surface area contributed by atoms with Crippen molar-refractivity contribution < 1.29 is 19.4 Å². The highest BCUT2D eigenvalue weighted by Gasteiger charge is 2.21.